The topological polar surface area (TPSA) is 61.4 Å². The lowest BCUT2D eigenvalue weighted by atomic mass is 10.1. The lowest BCUT2D eigenvalue weighted by Gasteiger charge is -2.00. The van der Waals surface area contributed by atoms with E-state index in [4.69, 9.17) is 10.1 Å². The van der Waals surface area contributed by atoms with Gasteiger partial charge in [-0.3, -0.25) is 0 Å². The maximum atomic E-state index is 5.02. The summed E-state index contributed by atoms with van der Waals surface area (Å²) in [6, 6.07) is 26.8. The van der Waals surface area contributed by atoms with Crippen LogP contribution in [0.3, 0.4) is 0 Å². The van der Waals surface area contributed by atoms with Gasteiger partial charge < -0.3 is 0 Å². The van der Waals surface area contributed by atoms with E-state index in [1.807, 2.05) is 71.1 Å². The molecule has 6 rings (SSSR count). The Labute approximate surface area is 227 Å². The highest BCUT2D eigenvalue weighted by molar-refractivity contribution is 9.10. The average molecular weight is 568 g/mol. The molecule has 8 heteroatoms. The SMILES string of the molecule is Cc1ccc(-c2nc(C)c(-c3nn(-c4ccccc4)cc3-c3cn(Cc4ccc(Br)cc4)nn3)s2)cc1. The van der Waals surface area contributed by atoms with Crippen molar-refractivity contribution < 1.29 is 0 Å². The van der Waals surface area contributed by atoms with Crippen molar-refractivity contribution >= 4 is 27.3 Å². The molecule has 0 atom stereocenters. The Balaban J connectivity index is 1.42. The first-order valence-corrected chi connectivity index (χ1v) is 13.5. The fourth-order valence-corrected chi connectivity index (χ4v) is 5.49. The van der Waals surface area contributed by atoms with Gasteiger partial charge in [0.2, 0.25) is 0 Å². The van der Waals surface area contributed by atoms with Crippen LogP contribution in [0.2, 0.25) is 0 Å². The number of benzene rings is 3. The highest BCUT2D eigenvalue weighted by atomic mass is 79.9. The number of aromatic nitrogens is 6. The van der Waals surface area contributed by atoms with Crippen molar-refractivity contribution in [1.29, 1.82) is 0 Å². The fourth-order valence-electron chi connectivity index (χ4n) is 4.15. The van der Waals surface area contributed by atoms with Crippen LogP contribution >= 0.6 is 27.3 Å². The van der Waals surface area contributed by atoms with Crippen LogP contribution in [-0.4, -0.2) is 29.8 Å². The molecule has 0 saturated carbocycles. The maximum Gasteiger partial charge on any atom is 0.124 e. The first-order chi connectivity index (χ1) is 18.0. The lowest BCUT2D eigenvalue weighted by Crippen LogP contribution is -1.99. The van der Waals surface area contributed by atoms with E-state index in [-0.39, 0.29) is 0 Å². The summed E-state index contributed by atoms with van der Waals surface area (Å²) in [5, 5.41) is 14.9. The lowest BCUT2D eigenvalue weighted by molar-refractivity contribution is 0.650. The maximum absolute atomic E-state index is 5.02. The minimum atomic E-state index is 0.638. The summed E-state index contributed by atoms with van der Waals surface area (Å²) >= 11 is 5.15. The third-order valence-electron chi connectivity index (χ3n) is 6.12. The number of thiazole rings is 1. The van der Waals surface area contributed by atoms with Crippen molar-refractivity contribution in [1.82, 2.24) is 29.8 Å². The third kappa shape index (κ3) is 4.90. The smallest absolute Gasteiger partial charge is 0.124 e. The Kier molecular flexibility index (Phi) is 6.28. The minimum absolute atomic E-state index is 0.638. The molecule has 0 unspecified atom stereocenters. The second-order valence-electron chi connectivity index (χ2n) is 8.90. The zero-order valence-electron chi connectivity index (χ0n) is 20.3. The molecule has 6 aromatic rings. The molecule has 0 aliphatic rings. The predicted molar refractivity (Wildman–Crippen MR) is 152 cm³/mol. The van der Waals surface area contributed by atoms with Gasteiger partial charge in [0.1, 0.15) is 16.4 Å². The summed E-state index contributed by atoms with van der Waals surface area (Å²) in [4.78, 5) is 5.93. The molecule has 0 radical (unpaired) electrons. The molecule has 0 aliphatic carbocycles. The Morgan fingerprint density at radius 3 is 2.38 bits per heavy atom. The highest BCUT2D eigenvalue weighted by Crippen LogP contribution is 2.39. The summed E-state index contributed by atoms with van der Waals surface area (Å²) in [7, 11) is 0. The normalized spacial score (nSPS) is 11.2. The largest absolute Gasteiger partial charge is 0.247 e. The molecule has 0 fully saturated rings. The van der Waals surface area contributed by atoms with Gasteiger partial charge in [-0.15, -0.1) is 16.4 Å². The molecule has 6 nitrogen and oxygen atoms in total. The summed E-state index contributed by atoms with van der Waals surface area (Å²) in [5.74, 6) is 0. The number of rotatable bonds is 6. The van der Waals surface area contributed by atoms with E-state index in [1.54, 1.807) is 11.3 Å². The molecule has 3 aromatic carbocycles. The van der Waals surface area contributed by atoms with Crippen molar-refractivity contribution in [3.63, 3.8) is 0 Å². The Bertz CT molecular complexity index is 1660. The van der Waals surface area contributed by atoms with Crippen LogP contribution in [0.4, 0.5) is 0 Å². The van der Waals surface area contributed by atoms with E-state index in [9.17, 15) is 0 Å². The molecule has 0 spiro atoms. The molecule has 0 aliphatic heterocycles. The van der Waals surface area contributed by atoms with Crippen molar-refractivity contribution in [2.24, 2.45) is 0 Å². The Morgan fingerprint density at radius 2 is 1.62 bits per heavy atom. The number of nitrogens with zero attached hydrogens (tertiary/aromatic N) is 6. The van der Waals surface area contributed by atoms with Gasteiger partial charge in [0.05, 0.1) is 34.6 Å². The van der Waals surface area contributed by atoms with Crippen molar-refractivity contribution in [3.05, 3.63) is 113 Å². The van der Waals surface area contributed by atoms with Crippen LogP contribution in [0.5, 0.6) is 0 Å². The highest BCUT2D eigenvalue weighted by Gasteiger charge is 2.22. The quantitative estimate of drug-likeness (QED) is 0.211. The number of hydrogen-bond acceptors (Lipinski definition) is 5. The monoisotopic (exact) mass is 566 g/mol. The van der Waals surface area contributed by atoms with Crippen LogP contribution in [0, 0.1) is 13.8 Å². The first-order valence-electron chi connectivity index (χ1n) is 11.9. The molecular weight excluding hydrogens is 544 g/mol. The van der Waals surface area contributed by atoms with Crippen molar-refractivity contribution in [2.45, 2.75) is 20.4 Å². The van der Waals surface area contributed by atoms with Gasteiger partial charge in [-0.05, 0) is 43.7 Å². The van der Waals surface area contributed by atoms with Crippen molar-refractivity contribution in [3.8, 4) is 38.1 Å². The standard InChI is InChI=1S/C29H23BrN6S/c1-19-8-12-22(13-9-19)29-31-20(2)28(37-29)27-25(17-36(33-27)24-6-4-3-5-7-24)26-18-35(34-32-26)16-21-10-14-23(30)15-11-21/h3-15,17-18H,16H2,1-2H3. The molecule has 0 saturated heterocycles. The molecule has 0 N–H and O–H groups in total. The van der Waals surface area contributed by atoms with Gasteiger partial charge in [0.15, 0.2) is 0 Å². The summed E-state index contributed by atoms with van der Waals surface area (Å²) in [6.07, 6.45) is 4.01. The third-order valence-corrected chi connectivity index (χ3v) is 7.86. The van der Waals surface area contributed by atoms with E-state index in [0.717, 1.165) is 53.8 Å². The number of halogens is 1. The number of aryl methyl sites for hydroxylation is 2. The van der Waals surface area contributed by atoms with E-state index in [1.165, 1.54) is 5.56 Å². The molecule has 0 bridgehead atoms. The van der Waals surface area contributed by atoms with Crippen LogP contribution in [0.25, 0.3) is 38.1 Å². The zero-order chi connectivity index (χ0) is 25.4. The summed E-state index contributed by atoms with van der Waals surface area (Å²) in [6.45, 7) is 4.77. The van der Waals surface area contributed by atoms with E-state index in [2.05, 4.69) is 69.6 Å². The van der Waals surface area contributed by atoms with Crippen LogP contribution < -0.4 is 0 Å². The molecule has 37 heavy (non-hydrogen) atoms. The van der Waals surface area contributed by atoms with Crippen LogP contribution in [0.1, 0.15) is 16.8 Å². The minimum Gasteiger partial charge on any atom is -0.247 e. The van der Waals surface area contributed by atoms with Gasteiger partial charge >= 0.3 is 0 Å². The molecule has 0 amide bonds. The van der Waals surface area contributed by atoms with Gasteiger partial charge in [-0.1, -0.05) is 81.3 Å². The second-order valence-corrected chi connectivity index (χ2v) is 10.8. The Hall–Kier alpha value is -3.88. The van der Waals surface area contributed by atoms with Gasteiger partial charge in [0.25, 0.3) is 0 Å². The fraction of sp³-hybridized carbons (Fsp3) is 0.103. The Morgan fingerprint density at radius 1 is 0.865 bits per heavy atom. The van der Waals surface area contributed by atoms with Gasteiger partial charge in [-0.25, -0.2) is 14.3 Å². The van der Waals surface area contributed by atoms with E-state index < -0.39 is 0 Å². The molecule has 3 aromatic heterocycles. The summed E-state index contributed by atoms with van der Waals surface area (Å²) in [5.41, 5.74) is 7.98. The van der Waals surface area contributed by atoms with E-state index in [0.29, 0.717) is 6.54 Å². The predicted octanol–water partition coefficient (Wildman–Crippen LogP) is 7.35. The van der Waals surface area contributed by atoms with E-state index >= 15 is 0 Å². The average Bonchev–Trinajstić information content (AvgIpc) is 3.65. The number of para-hydroxylation sites is 1. The van der Waals surface area contributed by atoms with Crippen LogP contribution in [-0.2, 0) is 6.54 Å². The summed E-state index contributed by atoms with van der Waals surface area (Å²) < 4.78 is 4.82. The number of hydrogen-bond donors (Lipinski definition) is 0. The molecular formula is C29H23BrN6S. The van der Waals surface area contributed by atoms with Crippen molar-refractivity contribution in [2.75, 3.05) is 0 Å². The van der Waals surface area contributed by atoms with Gasteiger partial charge in [0, 0.05) is 16.2 Å². The molecule has 3 heterocycles. The van der Waals surface area contributed by atoms with Gasteiger partial charge in [-0.2, -0.15) is 5.10 Å². The van der Waals surface area contributed by atoms with Crippen LogP contribution in [0.15, 0.2) is 95.7 Å². The second kappa shape index (κ2) is 9.88. The molecule has 182 valence electrons. The first kappa shape index (κ1) is 23.5. The zero-order valence-corrected chi connectivity index (χ0v) is 22.7.